The molecule has 1 heterocycles. The van der Waals surface area contributed by atoms with E-state index in [1.54, 1.807) is 4.90 Å². The van der Waals surface area contributed by atoms with Crippen LogP contribution in [0.3, 0.4) is 0 Å². The highest BCUT2D eigenvalue weighted by molar-refractivity contribution is 9.11. The third-order valence-electron chi connectivity index (χ3n) is 2.17. The van der Waals surface area contributed by atoms with Crippen molar-refractivity contribution in [1.29, 1.82) is 0 Å². The fourth-order valence-electron chi connectivity index (χ4n) is 1.17. The molecule has 0 aromatic carbocycles. The summed E-state index contributed by atoms with van der Waals surface area (Å²) in [5.41, 5.74) is 0. The molecule has 4 heteroatoms. The van der Waals surface area contributed by atoms with Crippen LogP contribution in [-0.2, 0) is 0 Å². The molecule has 0 aliphatic carbocycles. The van der Waals surface area contributed by atoms with Gasteiger partial charge in [0.25, 0.3) is 5.91 Å². The highest BCUT2D eigenvalue weighted by Gasteiger charge is 2.13. The smallest absolute Gasteiger partial charge is 0.263 e. The number of halogens is 1. The van der Waals surface area contributed by atoms with Crippen molar-refractivity contribution in [2.24, 2.45) is 5.92 Å². The van der Waals surface area contributed by atoms with Crippen molar-refractivity contribution in [2.75, 3.05) is 13.6 Å². The largest absolute Gasteiger partial charge is 0.341 e. The van der Waals surface area contributed by atoms with E-state index in [1.807, 2.05) is 19.2 Å². The molecule has 2 nitrogen and oxygen atoms in total. The van der Waals surface area contributed by atoms with Gasteiger partial charge in [-0.05, 0) is 40.4 Å². The van der Waals surface area contributed by atoms with Gasteiger partial charge in [0.1, 0.15) is 0 Å². The molecule has 1 amide bonds. The van der Waals surface area contributed by atoms with Gasteiger partial charge in [-0.15, -0.1) is 11.3 Å². The first-order valence-corrected chi connectivity index (χ1v) is 6.62. The summed E-state index contributed by atoms with van der Waals surface area (Å²) in [5, 5.41) is 0. The molecular weight excluding hydrogens is 274 g/mol. The minimum Gasteiger partial charge on any atom is -0.341 e. The standard InChI is InChI=1S/C11H16BrNOS/c1-8(2)6-7-13(3)11(14)9-4-5-10(12)15-9/h4-5,8H,6-7H2,1-3H3. The van der Waals surface area contributed by atoms with Gasteiger partial charge in [-0.25, -0.2) is 0 Å². The Morgan fingerprint density at radius 2 is 2.20 bits per heavy atom. The van der Waals surface area contributed by atoms with E-state index >= 15 is 0 Å². The molecule has 1 rings (SSSR count). The second-order valence-corrected chi connectivity index (χ2v) is 6.48. The summed E-state index contributed by atoms with van der Waals surface area (Å²) in [6.07, 6.45) is 1.05. The number of hydrogen-bond acceptors (Lipinski definition) is 2. The molecule has 0 bridgehead atoms. The zero-order valence-corrected chi connectivity index (χ0v) is 11.7. The summed E-state index contributed by atoms with van der Waals surface area (Å²) in [4.78, 5) is 14.5. The van der Waals surface area contributed by atoms with Gasteiger partial charge in [-0.3, -0.25) is 4.79 Å². The second kappa shape index (κ2) is 5.66. The highest BCUT2D eigenvalue weighted by Crippen LogP contribution is 2.23. The van der Waals surface area contributed by atoms with E-state index in [4.69, 9.17) is 0 Å². The minimum absolute atomic E-state index is 0.117. The number of rotatable bonds is 4. The maximum Gasteiger partial charge on any atom is 0.263 e. The normalized spacial score (nSPS) is 10.7. The Kier molecular flexibility index (Phi) is 4.80. The van der Waals surface area contributed by atoms with E-state index in [9.17, 15) is 4.79 Å². The molecule has 84 valence electrons. The summed E-state index contributed by atoms with van der Waals surface area (Å²) in [6, 6.07) is 3.77. The molecule has 0 unspecified atom stereocenters. The van der Waals surface area contributed by atoms with Gasteiger partial charge in [0.15, 0.2) is 0 Å². The monoisotopic (exact) mass is 289 g/mol. The van der Waals surface area contributed by atoms with Crippen LogP contribution in [0.2, 0.25) is 0 Å². The van der Waals surface area contributed by atoms with Crippen LogP contribution in [-0.4, -0.2) is 24.4 Å². The molecule has 0 radical (unpaired) electrons. The van der Waals surface area contributed by atoms with Gasteiger partial charge in [0, 0.05) is 13.6 Å². The van der Waals surface area contributed by atoms with E-state index in [0.29, 0.717) is 5.92 Å². The van der Waals surface area contributed by atoms with Crippen molar-refractivity contribution >= 4 is 33.2 Å². The highest BCUT2D eigenvalue weighted by atomic mass is 79.9. The fraction of sp³-hybridized carbons (Fsp3) is 0.545. The van der Waals surface area contributed by atoms with Crippen LogP contribution in [0.15, 0.2) is 15.9 Å². The number of hydrogen-bond donors (Lipinski definition) is 0. The Balaban J connectivity index is 2.53. The Hall–Kier alpha value is -0.350. The summed E-state index contributed by atoms with van der Waals surface area (Å²) in [6.45, 7) is 5.16. The fourth-order valence-corrected chi connectivity index (χ4v) is 2.55. The SMILES string of the molecule is CC(C)CCN(C)C(=O)c1ccc(Br)s1. The lowest BCUT2D eigenvalue weighted by molar-refractivity contribution is 0.0794. The van der Waals surface area contributed by atoms with Crippen molar-refractivity contribution in [2.45, 2.75) is 20.3 Å². The van der Waals surface area contributed by atoms with Crippen LogP contribution in [0.1, 0.15) is 29.9 Å². The Labute approximate surface area is 103 Å². The summed E-state index contributed by atoms with van der Waals surface area (Å²) in [7, 11) is 1.86. The van der Waals surface area contributed by atoms with E-state index < -0.39 is 0 Å². The Bertz CT molecular complexity index is 335. The molecule has 0 fully saturated rings. The quantitative estimate of drug-likeness (QED) is 0.829. The number of thiophene rings is 1. The van der Waals surface area contributed by atoms with Crippen LogP contribution in [0, 0.1) is 5.92 Å². The molecule has 0 saturated heterocycles. The Morgan fingerprint density at radius 1 is 1.53 bits per heavy atom. The van der Waals surface area contributed by atoms with Crippen LogP contribution in [0.5, 0.6) is 0 Å². The lowest BCUT2D eigenvalue weighted by Crippen LogP contribution is -2.27. The molecule has 1 aromatic heterocycles. The molecule has 0 aliphatic heterocycles. The maximum absolute atomic E-state index is 11.9. The minimum atomic E-state index is 0.117. The van der Waals surface area contributed by atoms with Gasteiger partial charge in [0.05, 0.1) is 8.66 Å². The third-order valence-corrected chi connectivity index (χ3v) is 3.78. The molecule has 15 heavy (non-hydrogen) atoms. The van der Waals surface area contributed by atoms with Crippen molar-refractivity contribution < 1.29 is 4.79 Å². The predicted molar refractivity (Wildman–Crippen MR) is 68.4 cm³/mol. The first-order chi connectivity index (χ1) is 7.00. The van der Waals surface area contributed by atoms with Crippen molar-refractivity contribution in [1.82, 2.24) is 4.90 Å². The van der Waals surface area contributed by atoms with E-state index in [0.717, 1.165) is 21.6 Å². The van der Waals surface area contributed by atoms with Crippen molar-refractivity contribution in [3.8, 4) is 0 Å². The molecular formula is C11H16BrNOS. The maximum atomic E-state index is 11.9. The van der Waals surface area contributed by atoms with Gasteiger partial charge in [-0.2, -0.15) is 0 Å². The van der Waals surface area contributed by atoms with Gasteiger partial charge in [0.2, 0.25) is 0 Å². The number of carbonyl (C=O) groups excluding carboxylic acids is 1. The van der Waals surface area contributed by atoms with E-state index in [-0.39, 0.29) is 5.91 Å². The average molecular weight is 290 g/mol. The topological polar surface area (TPSA) is 20.3 Å². The van der Waals surface area contributed by atoms with Crippen LogP contribution < -0.4 is 0 Å². The molecule has 0 spiro atoms. The summed E-state index contributed by atoms with van der Waals surface area (Å²) < 4.78 is 1.00. The van der Waals surface area contributed by atoms with Crippen LogP contribution >= 0.6 is 27.3 Å². The van der Waals surface area contributed by atoms with Crippen molar-refractivity contribution in [3.05, 3.63) is 20.8 Å². The van der Waals surface area contributed by atoms with Gasteiger partial charge < -0.3 is 4.90 Å². The van der Waals surface area contributed by atoms with Gasteiger partial charge >= 0.3 is 0 Å². The molecule has 0 atom stereocenters. The predicted octanol–water partition coefficient (Wildman–Crippen LogP) is 3.63. The number of carbonyl (C=O) groups is 1. The average Bonchev–Trinajstić information content (AvgIpc) is 2.60. The Morgan fingerprint density at radius 3 is 2.67 bits per heavy atom. The molecule has 0 aliphatic rings. The van der Waals surface area contributed by atoms with Crippen molar-refractivity contribution in [3.63, 3.8) is 0 Å². The lowest BCUT2D eigenvalue weighted by Gasteiger charge is -2.17. The zero-order chi connectivity index (χ0) is 11.4. The number of nitrogens with zero attached hydrogens (tertiary/aromatic N) is 1. The summed E-state index contributed by atoms with van der Waals surface area (Å²) in [5.74, 6) is 0.752. The zero-order valence-electron chi connectivity index (χ0n) is 9.29. The van der Waals surface area contributed by atoms with E-state index in [2.05, 4.69) is 29.8 Å². The first-order valence-electron chi connectivity index (χ1n) is 5.01. The molecule has 0 N–H and O–H groups in total. The second-order valence-electron chi connectivity index (χ2n) is 4.01. The lowest BCUT2D eigenvalue weighted by atomic mass is 10.1. The molecule has 1 aromatic rings. The third kappa shape index (κ3) is 3.95. The first kappa shape index (κ1) is 12.7. The molecule has 0 saturated carbocycles. The van der Waals surface area contributed by atoms with E-state index in [1.165, 1.54) is 11.3 Å². The van der Waals surface area contributed by atoms with Crippen LogP contribution in [0.4, 0.5) is 0 Å². The van der Waals surface area contributed by atoms with Gasteiger partial charge in [-0.1, -0.05) is 13.8 Å². The number of amides is 1. The summed E-state index contributed by atoms with van der Waals surface area (Å²) >= 11 is 4.84. The van der Waals surface area contributed by atoms with Crippen LogP contribution in [0.25, 0.3) is 0 Å².